The average Bonchev–Trinajstić information content (AvgIpc) is 3.03. The number of esters is 2. The zero-order chi connectivity index (χ0) is 18.5. The van der Waals surface area contributed by atoms with E-state index in [1.807, 2.05) is 0 Å². The van der Waals surface area contributed by atoms with E-state index in [1.54, 1.807) is 0 Å². The summed E-state index contributed by atoms with van der Waals surface area (Å²) in [5.41, 5.74) is 1.69. The van der Waals surface area contributed by atoms with Crippen molar-refractivity contribution >= 4 is 34.2 Å². The molecule has 1 N–H and O–H groups in total. The number of methoxy groups -OCH3 is 1. The van der Waals surface area contributed by atoms with Crippen molar-refractivity contribution in [1.29, 1.82) is 0 Å². The van der Waals surface area contributed by atoms with Gasteiger partial charge in [-0.25, -0.2) is 9.59 Å². The topological polar surface area (TPSA) is 94.6 Å². The van der Waals surface area contributed by atoms with Crippen LogP contribution in [-0.4, -0.2) is 36.5 Å². The van der Waals surface area contributed by atoms with Crippen LogP contribution in [0.3, 0.4) is 0 Å². The summed E-state index contributed by atoms with van der Waals surface area (Å²) in [6.45, 7) is -0.440. The van der Waals surface area contributed by atoms with Crippen LogP contribution in [0.25, 0.3) is 0 Å². The molecule has 8 heteroatoms. The molecular weight excluding hydrogens is 356 g/mol. The Morgan fingerprint density at radius 3 is 2.62 bits per heavy atom. The molecule has 136 valence electrons. The Balaban J connectivity index is 1.68. The van der Waals surface area contributed by atoms with E-state index >= 15 is 0 Å². The summed E-state index contributed by atoms with van der Waals surface area (Å²) in [4.78, 5) is 41.1. The van der Waals surface area contributed by atoms with Gasteiger partial charge in [0.1, 0.15) is 5.00 Å². The van der Waals surface area contributed by atoms with Crippen molar-refractivity contribution in [2.24, 2.45) is 0 Å². The summed E-state index contributed by atoms with van der Waals surface area (Å²) >= 11 is 1.38. The number of rotatable bonds is 5. The Labute approximate surface area is 154 Å². The number of fused-ring (bicyclic) bond motifs is 1. The third-order valence-corrected chi connectivity index (χ3v) is 5.27. The fourth-order valence-corrected chi connectivity index (χ4v) is 4.13. The van der Waals surface area contributed by atoms with E-state index in [-0.39, 0.29) is 0 Å². The highest BCUT2D eigenvalue weighted by Gasteiger charge is 2.27. The van der Waals surface area contributed by atoms with Crippen LogP contribution in [-0.2, 0) is 27.1 Å². The van der Waals surface area contributed by atoms with Crippen molar-refractivity contribution in [2.75, 3.05) is 19.0 Å². The Morgan fingerprint density at radius 2 is 1.88 bits per heavy atom. The minimum Gasteiger partial charge on any atom is -0.465 e. The van der Waals surface area contributed by atoms with Gasteiger partial charge in [0.05, 0.1) is 18.2 Å². The molecular formula is C18H18N2O5S. The largest absolute Gasteiger partial charge is 0.465 e. The molecule has 1 aliphatic carbocycles. The van der Waals surface area contributed by atoms with Gasteiger partial charge in [-0.05, 0) is 43.4 Å². The normalized spacial score (nSPS) is 12.8. The first kappa shape index (κ1) is 18.1. The average molecular weight is 374 g/mol. The van der Waals surface area contributed by atoms with Crippen LogP contribution < -0.4 is 5.32 Å². The maximum Gasteiger partial charge on any atom is 0.341 e. The number of anilines is 1. The lowest BCUT2D eigenvalue weighted by Gasteiger charge is -2.11. The lowest BCUT2D eigenvalue weighted by atomic mass is 9.95. The zero-order valence-corrected chi connectivity index (χ0v) is 15.1. The van der Waals surface area contributed by atoms with Crippen LogP contribution in [0, 0.1) is 0 Å². The second kappa shape index (κ2) is 8.09. The van der Waals surface area contributed by atoms with E-state index in [4.69, 9.17) is 9.47 Å². The fourth-order valence-electron chi connectivity index (χ4n) is 2.84. The van der Waals surface area contributed by atoms with Crippen LogP contribution in [0.4, 0.5) is 5.00 Å². The lowest BCUT2D eigenvalue weighted by Crippen LogP contribution is -2.21. The molecule has 0 atom stereocenters. The van der Waals surface area contributed by atoms with Crippen molar-refractivity contribution in [2.45, 2.75) is 25.7 Å². The second-order valence-electron chi connectivity index (χ2n) is 5.77. The van der Waals surface area contributed by atoms with Gasteiger partial charge in [0.25, 0.3) is 5.91 Å². The summed E-state index contributed by atoms with van der Waals surface area (Å²) in [6, 6.07) is 3.01. The maximum atomic E-state index is 12.2. The first-order chi connectivity index (χ1) is 12.6. The number of hydrogen-bond acceptors (Lipinski definition) is 7. The molecule has 0 radical (unpaired) electrons. The van der Waals surface area contributed by atoms with Crippen molar-refractivity contribution in [3.05, 3.63) is 46.1 Å². The SMILES string of the molecule is COC(=O)c1c(NC(=O)COC(=O)c2ccncc2)sc2c1CCCC2. The number of aryl methyl sites for hydroxylation is 1. The third-order valence-electron chi connectivity index (χ3n) is 4.06. The number of nitrogens with one attached hydrogen (secondary N) is 1. The molecule has 0 bridgehead atoms. The quantitative estimate of drug-likeness (QED) is 0.809. The highest BCUT2D eigenvalue weighted by atomic mass is 32.1. The van der Waals surface area contributed by atoms with Gasteiger partial charge in [-0.2, -0.15) is 0 Å². The number of thiophene rings is 1. The fraction of sp³-hybridized carbons (Fsp3) is 0.333. The Hall–Kier alpha value is -2.74. The van der Waals surface area contributed by atoms with Crippen molar-refractivity contribution < 1.29 is 23.9 Å². The predicted octanol–water partition coefficient (Wildman–Crippen LogP) is 2.60. The van der Waals surface area contributed by atoms with Crippen LogP contribution in [0.2, 0.25) is 0 Å². The summed E-state index contributed by atoms with van der Waals surface area (Å²) in [5.74, 6) is -1.58. The lowest BCUT2D eigenvalue weighted by molar-refractivity contribution is -0.119. The summed E-state index contributed by atoms with van der Waals surface area (Å²) < 4.78 is 9.86. The van der Waals surface area contributed by atoms with Crippen LogP contribution >= 0.6 is 11.3 Å². The Morgan fingerprint density at radius 1 is 1.15 bits per heavy atom. The molecule has 1 aliphatic rings. The second-order valence-corrected chi connectivity index (χ2v) is 6.87. The molecule has 0 spiro atoms. The highest BCUT2D eigenvalue weighted by molar-refractivity contribution is 7.17. The smallest absolute Gasteiger partial charge is 0.341 e. The number of carbonyl (C=O) groups excluding carboxylic acids is 3. The van der Waals surface area contributed by atoms with E-state index in [2.05, 4.69) is 10.3 Å². The van der Waals surface area contributed by atoms with E-state index in [0.29, 0.717) is 16.1 Å². The Kier molecular flexibility index (Phi) is 5.62. The van der Waals surface area contributed by atoms with E-state index in [9.17, 15) is 14.4 Å². The molecule has 0 saturated heterocycles. The molecule has 2 heterocycles. The van der Waals surface area contributed by atoms with Crippen molar-refractivity contribution in [3.63, 3.8) is 0 Å². The number of aromatic nitrogens is 1. The van der Waals surface area contributed by atoms with Crippen molar-refractivity contribution in [1.82, 2.24) is 4.98 Å². The summed E-state index contributed by atoms with van der Waals surface area (Å²) in [6.07, 6.45) is 6.68. The first-order valence-corrected chi connectivity index (χ1v) is 9.01. The molecule has 2 aromatic heterocycles. The van der Waals surface area contributed by atoms with Gasteiger partial charge in [-0.15, -0.1) is 11.3 Å². The number of amides is 1. The van der Waals surface area contributed by atoms with Gasteiger partial charge in [0.2, 0.25) is 0 Å². The van der Waals surface area contributed by atoms with Crippen molar-refractivity contribution in [3.8, 4) is 0 Å². The summed E-state index contributed by atoms with van der Waals surface area (Å²) in [7, 11) is 1.32. The molecule has 0 saturated carbocycles. The predicted molar refractivity (Wildman–Crippen MR) is 95.4 cm³/mol. The van der Waals surface area contributed by atoms with E-state index < -0.39 is 24.5 Å². The Bertz CT molecular complexity index is 832. The van der Waals surface area contributed by atoms with Crippen LogP contribution in [0.1, 0.15) is 44.0 Å². The number of ether oxygens (including phenoxy) is 2. The van der Waals surface area contributed by atoms with Crippen LogP contribution in [0.15, 0.2) is 24.5 Å². The highest BCUT2D eigenvalue weighted by Crippen LogP contribution is 2.38. The van der Waals surface area contributed by atoms with E-state index in [0.717, 1.165) is 36.1 Å². The standard InChI is InChI=1S/C18H18N2O5S/c1-24-18(23)15-12-4-2-3-5-13(12)26-16(15)20-14(21)10-25-17(22)11-6-8-19-9-7-11/h6-9H,2-5,10H2,1H3,(H,20,21). The van der Waals surface area contributed by atoms with E-state index in [1.165, 1.54) is 43.0 Å². The molecule has 0 unspecified atom stereocenters. The minimum absolute atomic E-state index is 0.314. The van der Waals surface area contributed by atoms with Gasteiger partial charge in [0.15, 0.2) is 6.61 Å². The number of carbonyl (C=O) groups is 3. The molecule has 2 aromatic rings. The number of pyridine rings is 1. The zero-order valence-electron chi connectivity index (χ0n) is 14.2. The third kappa shape index (κ3) is 3.91. The molecule has 3 rings (SSSR count). The minimum atomic E-state index is -0.610. The molecule has 0 fully saturated rings. The number of hydrogen-bond donors (Lipinski definition) is 1. The maximum absolute atomic E-state index is 12.2. The molecule has 0 aromatic carbocycles. The van der Waals surface area contributed by atoms with Crippen LogP contribution in [0.5, 0.6) is 0 Å². The molecule has 1 amide bonds. The van der Waals surface area contributed by atoms with Gasteiger partial charge in [0, 0.05) is 17.3 Å². The summed E-state index contributed by atoms with van der Waals surface area (Å²) in [5, 5.41) is 3.13. The molecule has 26 heavy (non-hydrogen) atoms. The first-order valence-electron chi connectivity index (χ1n) is 8.20. The molecule has 0 aliphatic heterocycles. The molecule has 7 nitrogen and oxygen atoms in total. The van der Waals surface area contributed by atoms with Gasteiger partial charge in [-0.1, -0.05) is 0 Å². The van der Waals surface area contributed by atoms with Gasteiger partial charge >= 0.3 is 11.9 Å². The monoisotopic (exact) mass is 374 g/mol. The van der Waals surface area contributed by atoms with Gasteiger partial charge < -0.3 is 14.8 Å². The van der Waals surface area contributed by atoms with Gasteiger partial charge in [-0.3, -0.25) is 9.78 Å². The number of nitrogens with zero attached hydrogens (tertiary/aromatic N) is 1.